The Bertz CT molecular complexity index is 908. The number of halogens is 2. The third-order valence-electron chi connectivity index (χ3n) is 3.17. The van der Waals surface area contributed by atoms with Crippen LogP contribution >= 0.6 is 11.6 Å². The van der Waals surface area contributed by atoms with Crippen molar-refractivity contribution in [3.8, 4) is 5.75 Å². The summed E-state index contributed by atoms with van der Waals surface area (Å²) in [5.74, 6) is 0.760. The Kier molecular flexibility index (Phi) is 4.80. The smallest absolute Gasteiger partial charge is 0.229 e. The van der Waals surface area contributed by atoms with Crippen molar-refractivity contribution < 1.29 is 9.13 Å². The number of pyridine rings is 1. The molecule has 0 aliphatic carbocycles. The van der Waals surface area contributed by atoms with Crippen molar-refractivity contribution in [3.05, 3.63) is 53.4 Å². The maximum absolute atomic E-state index is 13.9. The highest BCUT2D eigenvalue weighted by molar-refractivity contribution is 6.32. The summed E-state index contributed by atoms with van der Waals surface area (Å²) >= 11 is 6.08. The van der Waals surface area contributed by atoms with Crippen LogP contribution < -0.4 is 21.1 Å². The molecule has 3 aromatic rings. The predicted molar refractivity (Wildman–Crippen MR) is 95.2 cm³/mol. The van der Waals surface area contributed by atoms with E-state index in [4.69, 9.17) is 22.1 Å². The fraction of sp³-hybridized carbons (Fsp3) is 0.0625. The quantitative estimate of drug-likeness (QED) is 0.637. The summed E-state index contributed by atoms with van der Waals surface area (Å²) in [7, 11) is 1.53. The molecule has 3 rings (SSSR count). The lowest BCUT2D eigenvalue weighted by molar-refractivity contribution is 0.415. The number of aromatic nitrogens is 3. The van der Waals surface area contributed by atoms with E-state index in [0.717, 1.165) is 6.20 Å². The normalized spacial score (nSPS) is 10.4. The average molecular weight is 361 g/mol. The van der Waals surface area contributed by atoms with Gasteiger partial charge in [0.2, 0.25) is 5.95 Å². The number of methoxy groups -OCH3 is 1. The minimum absolute atomic E-state index is 0.0322. The van der Waals surface area contributed by atoms with Gasteiger partial charge in [0, 0.05) is 5.69 Å². The summed E-state index contributed by atoms with van der Waals surface area (Å²) in [6.07, 6.45) is 1.05. The Morgan fingerprint density at radius 1 is 1.16 bits per heavy atom. The SMILES string of the molecule is COc1ccc(Nc2ncc(F)c(Nc3cccc(N)n3)n2)cc1Cl. The third-order valence-corrected chi connectivity index (χ3v) is 3.46. The Hall–Kier alpha value is -3.13. The van der Waals surface area contributed by atoms with Gasteiger partial charge >= 0.3 is 0 Å². The molecule has 4 N–H and O–H groups in total. The van der Waals surface area contributed by atoms with E-state index >= 15 is 0 Å². The summed E-state index contributed by atoms with van der Waals surface area (Å²) in [6, 6.07) is 10.1. The molecule has 0 fully saturated rings. The number of nitrogens with zero attached hydrogens (tertiary/aromatic N) is 3. The van der Waals surface area contributed by atoms with Gasteiger partial charge in [-0.15, -0.1) is 0 Å². The van der Waals surface area contributed by atoms with E-state index in [1.807, 2.05) is 0 Å². The molecule has 0 saturated carbocycles. The summed E-state index contributed by atoms with van der Waals surface area (Å²) in [6.45, 7) is 0. The lowest BCUT2D eigenvalue weighted by Crippen LogP contribution is -2.04. The lowest BCUT2D eigenvalue weighted by atomic mass is 10.3. The first-order valence-electron chi connectivity index (χ1n) is 7.18. The molecule has 0 bridgehead atoms. The number of nitrogens with one attached hydrogen (secondary N) is 2. The maximum atomic E-state index is 13.9. The number of nitrogens with two attached hydrogens (primary N) is 1. The van der Waals surface area contributed by atoms with Gasteiger partial charge in [0.15, 0.2) is 11.6 Å². The summed E-state index contributed by atoms with van der Waals surface area (Å²) in [4.78, 5) is 12.1. The predicted octanol–water partition coefficient (Wildman–Crippen LogP) is 3.74. The Labute approximate surface area is 148 Å². The molecule has 25 heavy (non-hydrogen) atoms. The van der Waals surface area contributed by atoms with E-state index in [-0.39, 0.29) is 11.8 Å². The van der Waals surface area contributed by atoms with Crippen LogP contribution in [0.5, 0.6) is 5.75 Å². The second kappa shape index (κ2) is 7.18. The number of anilines is 5. The lowest BCUT2D eigenvalue weighted by Gasteiger charge is -2.10. The Morgan fingerprint density at radius 2 is 2.00 bits per heavy atom. The summed E-state index contributed by atoms with van der Waals surface area (Å²) in [5.41, 5.74) is 6.24. The first-order valence-corrected chi connectivity index (χ1v) is 7.55. The standard InChI is InChI=1S/C16H14ClFN6O/c1-25-12-6-5-9(7-10(12)17)21-16-20-8-11(18)15(24-16)23-14-4-2-3-13(19)22-14/h2-8H,1H3,(H4,19,20,21,22,23,24). The van der Waals surface area contributed by atoms with Crippen LogP contribution in [0.3, 0.4) is 0 Å². The zero-order chi connectivity index (χ0) is 17.8. The molecule has 9 heteroatoms. The maximum Gasteiger partial charge on any atom is 0.229 e. The Morgan fingerprint density at radius 3 is 2.72 bits per heavy atom. The minimum atomic E-state index is -0.623. The molecule has 0 atom stereocenters. The van der Waals surface area contributed by atoms with Gasteiger partial charge in [0.1, 0.15) is 17.4 Å². The highest BCUT2D eigenvalue weighted by atomic mass is 35.5. The van der Waals surface area contributed by atoms with Crippen LogP contribution in [0.4, 0.5) is 33.5 Å². The van der Waals surface area contributed by atoms with Crippen LogP contribution in [0.2, 0.25) is 5.02 Å². The van der Waals surface area contributed by atoms with Crippen LogP contribution in [-0.2, 0) is 0 Å². The van der Waals surface area contributed by atoms with Crippen molar-refractivity contribution >= 4 is 40.7 Å². The zero-order valence-electron chi connectivity index (χ0n) is 13.1. The number of rotatable bonds is 5. The molecular formula is C16H14ClFN6O. The van der Waals surface area contributed by atoms with Gasteiger partial charge in [0.05, 0.1) is 18.3 Å². The number of nitrogen functional groups attached to an aromatic ring is 1. The van der Waals surface area contributed by atoms with Gasteiger partial charge in [-0.2, -0.15) is 4.98 Å². The van der Waals surface area contributed by atoms with Gasteiger partial charge in [-0.25, -0.2) is 14.4 Å². The highest BCUT2D eigenvalue weighted by Gasteiger charge is 2.09. The number of hydrogen-bond donors (Lipinski definition) is 3. The van der Waals surface area contributed by atoms with E-state index in [1.54, 1.807) is 36.4 Å². The molecule has 0 aliphatic rings. The topological polar surface area (TPSA) is 98.0 Å². The second-order valence-electron chi connectivity index (χ2n) is 4.94. The zero-order valence-corrected chi connectivity index (χ0v) is 13.9. The molecule has 7 nitrogen and oxygen atoms in total. The van der Waals surface area contributed by atoms with Gasteiger partial charge in [0.25, 0.3) is 0 Å². The molecular weight excluding hydrogens is 347 g/mol. The second-order valence-corrected chi connectivity index (χ2v) is 5.34. The van der Waals surface area contributed by atoms with Crippen molar-refractivity contribution in [2.45, 2.75) is 0 Å². The van der Waals surface area contributed by atoms with Crippen LogP contribution in [0.1, 0.15) is 0 Å². The molecule has 0 saturated heterocycles. The number of hydrogen-bond acceptors (Lipinski definition) is 7. The van der Waals surface area contributed by atoms with Gasteiger partial charge in [-0.3, -0.25) is 0 Å². The molecule has 2 heterocycles. The average Bonchev–Trinajstić information content (AvgIpc) is 2.58. The van der Waals surface area contributed by atoms with E-state index < -0.39 is 5.82 Å². The number of ether oxygens (including phenoxy) is 1. The molecule has 0 unspecified atom stereocenters. The van der Waals surface area contributed by atoms with Crippen molar-refractivity contribution in [3.63, 3.8) is 0 Å². The van der Waals surface area contributed by atoms with Crippen molar-refractivity contribution in [1.82, 2.24) is 15.0 Å². The molecule has 0 radical (unpaired) electrons. The molecule has 1 aromatic carbocycles. The van der Waals surface area contributed by atoms with E-state index in [9.17, 15) is 4.39 Å². The molecule has 128 valence electrons. The van der Waals surface area contributed by atoms with Gasteiger partial charge in [-0.1, -0.05) is 17.7 Å². The molecule has 0 spiro atoms. The summed E-state index contributed by atoms with van der Waals surface area (Å²) in [5, 5.41) is 6.14. The van der Waals surface area contributed by atoms with Crippen LogP contribution in [-0.4, -0.2) is 22.1 Å². The largest absolute Gasteiger partial charge is 0.495 e. The van der Waals surface area contributed by atoms with E-state index in [0.29, 0.717) is 28.1 Å². The molecule has 0 amide bonds. The Balaban J connectivity index is 1.82. The van der Waals surface area contributed by atoms with E-state index in [1.165, 1.54) is 7.11 Å². The molecule has 2 aromatic heterocycles. The van der Waals surface area contributed by atoms with Crippen LogP contribution in [0.15, 0.2) is 42.6 Å². The number of benzene rings is 1. The highest BCUT2D eigenvalue weighted by Crippen LogP contribution is 2.28. The fourth-order valence-electron chi connectivity index (χ4n) is 2.03. The summed E-state index contributed by atoms with van der Waals surface area (Å²) < 4.78 is 19.0. The third kappa shape index (κ3) is 4.04. The monoisotopic (exact) mass is 360 g/mol. The van der Waals surface area contributed by atoms with Crippen molar-refractivity contribution in [2.24, 2.45) is 0 Å². The first-order chi connectivity index (χ1) is 12.0. The van der Waals surface area contributed by atoms with Crippen molar-refractivity contribution in [2.75, 3.05) is 23.5 Å². The minimum Gasteiger partial charge on any atom is -0.495 e. The van der Waals surface area contributed by atoms with Gasteiger partial charge in [-0.05, 0) is 30.3 Å². The first kappa shape index (κ1) is 16.7. The van der Waals surface area contributed by atoms with Crippen LogP contribution in [0, 0.1) is 5.82 Å². The van der Waals surface area contributed by atoms with E-state index in [2.05, 4.69) is 25.6 Å². The van der Waals surface area contributed by atoms with Crippen LogP contribution in [0.25, 0.3) is 0 Å². The van der Waals surface area contributed by atoms with Gasteiger partial charge < -0.3 is 21.1 Å². The molecule has 0 aliphatic heterocycles. The fourth-order valence-corrected chi connectivity index (χ4v) is 2.29. The van der Waals surface area contributed by atoms with Crippen molar-refractivity contribution in [1.29, 1.82) is 0 Å².